The number of hydrogen-bond acceptors (Lipinski definition) is 5. The van der Waals surface area contributed by atoms with E-state index in [0.717, 1.165) is 41.4 Å². The first-order valence-electron chi connectivity index (χ1n) is 7.26. The van der Waals surface area contributed by atoms with Crippen molar-refractivity contribution in [2.75, 3.05) is 13.7 Å². The van der Waals surface area contributed by atoms with Gasteiger partial charge in [0.25, 0.3) is 0 Å². The van der Waals surface area contributed by atoms with Crippen LogP contribution in [-0.4, -0.2) is 28.8 Å². The largest absolute Gasteiger partial charge is 0.495 e. The molecule has 2 aromatic heterocycles. The van der Waals surface area contributed by atoms with Crippen LogP contribution in [0.15, 0.2) is 24.4 Å². The molecule has 0 aromatic carbocycles. The molecule has 2 rings (SSSR count). The summed E-state index contributed by atoms with van der Waals surface area (Å²) >= 11 is 0. The molecule has 112 valence electrons. The van der Waals surface area contributed by atoms with E-state index in [9.17, 15) is 0 Å². The van der Waals surface area contributed by atoms with E-state index in [2.05, 4.69) is 40.4 Å². The predicted molar refractivity (Wildman–Crippen MR) is 82.5 cm³/mol. The lowest BCUT2D eigenvalue weighted by Gasteiger charge is -2.21. The Kier molecular flexibility index (Phi) is 5.22. The summed E-state index contributed by atoms with van der Waals surface area (Å²) in [4.78, 5) is 4.51. The lowest BCUT2D eigenvalue weighted by Crippen LogP contribution is -2.25. The zero-order valence-electron chi connectivity index (χ0n) is 13.1. The third-order valence-corrected chi connectivity index (χ3v) is 3.37. The van der Waals surface area contributed by atoms with Gasteiger partial charge in [0.15, 0.2) is 0 Å². The number of aryl methyl sites for hydroxylation is 2. The molecular weight excluding hydrogens is 264 g/mol. The van der Waals surface area contributed by atoms with Gasteiger partial charge in [0, 0.05) is 11.8 Å². The quantitative estimate of drug-likeness (QED) is 0.884. The molecule has 0 fully saturated rings. The summed E-state index contributed by atoms with van der Waals surface area (Å²) in [5.41, 5.74) is 3.88. The van der Waals surface area contributed by atoms with Crippen molar-refractivity contribution in [3.05, 3.63) is 47.0 Å². The summed E-state index contributed by atoms with van der Waals surface area (Å²) in [6.45, 7) is 6.94. The molecule has 1 N–H and O–H groups in total. The summed E-state index contributed by atoms with van der Waals surface area (Å²) in [5, 5.41) is 12.0. The zero-order valence-corrected chi connectivity index (χ0v) is 13.1. The van der Waals surface area contributed by atoms with Gasteiger partial charge in [-0.15, -0.1) is 0 Å². The monoisotopic (exact) mass is 286 g/mol. The molecule has 1 atom stereocenters. The molecule has 5 heteroatoms. The highest BCUT2D eigenvalue weighted by molar-refractivity contribution is 5.38. The molecular formula is C16H22N4O. The van der Waals surface area contributed by atoms with Gasteiger partial charge in [-0.05, 0) is 38.1 Å². The second kappa shape index (κ2) is 7.13. The molecule has 5 nitrogen and oxygen atoms in total. The van der Waals surface area contributed by atoms with Crippen molar-refractivity contribution in [3.63, 3.8) is 0 Å². The van der Waals surface area contributed by atoms with E-state index in [1.54, 1.807) is 13.3 Å². The predicted octanol–water partition coefficient (Wildman–Crippen LogP) is 2.45. The van der Waals surface area contributed by atoms with Crippen LogP contribution in [0.1, 0.15) is 42.5 Å². The fourth-order valence-electron chi connectivity index (χ4n) is 2.41. The smallest absolute Gasteiger partial charge is 0.142 e. The van der Waals surface area contributed by atoms with Crippen molar-refractivity contribution in [1.29, 1.82) is 0 Å². The molecule has 0 aliphatic heterocycles. The van der Waals surface area contributed by atoms with Gasteiger partial charge < -0.3 is 10.1 Å². The molecule has 0 radical (unpaired) electrons. The Hall–Kier alpha value is -2.01. The highest BCUT2D eigenvalue weighted by Crippen LogP contribution is 2.29. The van der Waals surface area contributed by atoms with Gasteiger partial charge in [-0.1, -0.05) is 13.8 Å². The van der Waals surface area contributed by atoms with Gasteiger partial charge in [0.2, 0.25) is 0 Å². The summed E-state index contributed by atoms with van der Waals surface area (Å²) in [7, 11) is 1.67. The van der Waals surface area contributed by atoms with Gasteiger partial charge in [-0.2, -0.15) is 10.2 Å². The molecule has 0 saturated heterocycles. The van der Waals surface area contributed by atoms with Crippen LogP contribution >= 0.6 is 0 Å². The van der Waals surface area contributed by atoms with Gasteiger partial charge in [-0.3, -0.25) is 4.98 Å². The van der Waals surface area contributed by atoms with E-state index in [4.69, 9.17) is 4.74 Å². The average molecular weight is 286 g/mol. The van der Waals surface area contributed by atoms with Crippen molar-refractivity contribution >= 4 is 0 Å². The minimum absolute atomic E-state index is 0.0460. The van der Waals surface area contributed by atoms with Crippen LogP contribution in [0.4, 0.5) is 0 Å². The third kappa shape index (κ3) is 3.36. The fourth-order valence-corrected chi connectivity index (χ4v) is 2.41. The minimum atomic E-state index is -0.0460. The topological polar surface area (TPSA) is 59.9 Å². The van der Waals surface area contributed by atoms with E-state index >= 15 is 0 Å². The lowest BCUT2D eigenvalue weighted by atomic mass is 9.99. The number of ether oxygens (including phenoxy) is 1. The first-order valence-corrected chi connectivity index (χ1v) is 7.26. The second-order valence-corrected chi connectivity index (χ2v) is 4.82. The summed E-state index contributed by atoms with van der Waals surface area (Å²) < 4.78 is 5.46. The first-order chi connectivity index (χ1) is 10.2. The minimum Gasteiger partial charge on any atom is -0.495 e. The lowest BCUT2D eigenvalue weighted by molar-refractivity contribution is 0.400. The molecule has 0 bridgehead atoms. The molecule has 0 saturated carbocycles. The summed E-state index contributed by atoms with van der Waals surface area (Å²) in [5.74, 6) is 0.778. The Morgan fingerprint density at radius 1 is 1.29 bits per heavy atom. The molecule has 0 aliphatic carbocycles. The highest BCUT2D eigenvalue weighted by atomic mass is 16.5. The van der Waals surface area contributed by atoms with E-state index in [0.29, 0.717) is 0 Å². The molecule has 2 heterocycles. The SMILES string of the molecule is CCNC(c1cc(C)nnc1CC)c1ncccc1OC. The zero-order chi connectivity index (χ0) is 15.2. The first kappa shape index (κ1) is 15.4. The molecule has 0 aliphatic rings. The van der Waals surface area contributed by atoms with E-state index in [1.807, 2.05) is 19.1 Å². The Bertz CT molecular complexity index is 601. The van der Waals surface area contributed by atoms with Crippen molar-refractivity contribution in [1.82, 2.24) is 20.5 Å². The van der Waals surface area contributed by atoms with E-state index in [1.165, 1.54) is 0 Å². The Morgan fingerprint density at radius 3 is 2.76 bits per heavy atom. The van der Waals surface area contributed by atoms with Crippen molar-refractivity contribution in [3.8, 4) is 5.75 Å². The number of rotatable bonds is 6. The maximum Gasteiger partial charge on any atom is 0.142 e. The van der Waals surface area contributed by atoms with Crippen molar-refractivity contribution in [2.24, 2.45) is 0 Å². The second-order valence-electron chi connectivity index (χ2n) is 4.82. The van der Waals surface area contributed by atoms with Crippen LogP contribution in [0.3, 0.4) is 0 Å². The standard InChI is InChI=1S/C16H22N4O/c1-5-13-12(10-11(3)19-20-13)15(17-6-2)16-14(21-4)8-7-9-18-16/h7-10,15,17H,5-6H2,1-4H3. The van der Waals surface area contributed by atoms with Gasteiger partial charge in [0.05, 0.1) is 24.5 Å². The van der Waals surface area contributed by atoms with Gasteiger partial charge in [0.1, 0.15) is 11.4 Å². The highest BCUT2D eigenvalue weighted by Gasteiger charge is 2.22. The Labute approximate surface area is 125 Å². The van der Waals surface area contributed by atoms with Gasteiger partial charge >= 0.3 is 0 Å². The van der Waals surface area contributed by atoms with Crippen LogP contribution in [0.2, 0.25) is 0 Å². The number of methoxy groups -OCH3 is 1. The third-order valence-electron chi connectivity index (χ3n) is 3.37. The van der Waals surface area contributed by atoms with Crippen molar-refractivity contribution < 1.29 is 4.74 Å². The molecule has 1 unspecified atom stereocenters. The maximum absolute atomic E-state index is 5.46. The van der Waals surface area contributed by atoms with Crippen molar-refractivity contribution in [2.45, 2.75) is 33.2 Å². The van der Waals surface area contributed by atoms with Crippen LogP contribution in [-0.2, 0) is 6.42 Å². The van der Waals surface area contributed by atoms with Crippen LogP contribution in [0, 0.1) is 6.92 Å². The van der Waals surface area contributed by atoms with Gasteiger partial charge in [-0.25, -0.2) is 0 Å². The van der Waals surface area contributed by atoms with E-state index < -0.39 is 0 Å². The average Bonchev–Trinajstić information content (AvgIpc) is 2.52. The maximum atomic E-state index is 5.46. The number of nitrogens with one attached hydrogen (secondary N) is 1. The summed E-state index contributed by atoms with van der Waals surface area (Å²) in [6.07, 6.45) is 2.62. The number of pyridine rings is 1. The Morgan fingerprint density at radius 2 is 2.10 bits per heavy atom. The normalized spacial score (nSPS) is 12.2. The summed E-state index contributed by atoms with van der Waals surface area (Å²) in [6, 6.07) is 5.84. The number of nitrogens with zero attached hydrogens (tertiary/aromatic N) is 3. The number of aromatic nitrogens is 3. The molecule has 0 amide bonds. The van der Waals surface area contributed by atoms with Crippen LogP contribution < -0.4 is 10.1 Å². The molecule has 21 heavy (non-hydrogen) atoms. The van der Waals surface area contributed by atoms with Crippen LogP contribution in [0.25, 0.3) is 0 Å². The van der Waals surface area contributed by atoms with Crippen LogP contribution in [0.5, 0.6) is 5.75 Å². The van der Waals surface area contributed by atoms with E-state index in [-0.39, 0.29) is 6.04 Å². The Balaban J connectivity index is 2.55. The molecule has 2 aromatic rings. The fraction of sp³-hybridized carbons (Fsp3) is 0.438. The molecule has 0 spiro atoms. The number of hydrogen-bond donors (Lipinski definition) is 1.